The van der Waals surface area contributed by atoms with E-state index in [1.54, 1.807) is 24.3 Å². The zero-order valence-electron chi connectivity index (χ0n) is 12.6. The molecule has 0 aliphatic rings. The molecule has 3 N–H and O–H groups in total. The molecule has 0 saturated carbocycles. The molecular weight excluding hydrogens is 326 g/mol. The van der Waals surface area contributed by atoms with Gasteiger partial charge in [-0.1, -0.05) is 23.7 Å². The van der Waals surface area contributed by atoms with E-state index < -0.39 is 0 Å². The lowest BCUT2D eigenvalue weighted by atomic mass is 10.2. The van der Waals surface area contributed by atoms with Gasteiger partial charge in [-0.25, -0.2) is 0 Å². The van der Waals surface area contributed by atoms with Gasteiger partial charge in [0, 0.05) is 11.1 Å². The van der Waals surface area contributed by atoms with Crippen LogP contribution >= 0.6 is 11.6 Å². The fraction of sp³-hybridized carbons (Fsp3) is 0. The summed E-state index contributed by atoms with van der Waals surface area (Å²) < 4.78 is 5.68. The van der Waals surface area contributed by atoms with Crippen LogP contribution in [0.25, 0.3) is 11.3 Å². The van der Waals surface area contributed by atoms with Gasteiger partial charge < -0.3 is 15.3 Å². The Kier molecular flexibility index (Phi) is 4.63. The Morgan fingerprint density at radius 3 is 2.54 bits per heavy atom. The highest BCUT2D eigenvalue weighted by Gasteiger charge is 2.06. The van der Waals surface area contributed by atoms with Crippen molar-refractivity contribution in [1.82, 2.24) is 0 Å². The zero-order chi connectivity index (χ0) is 16.9. The Morgan fingerprint density at radius 1 is 1.04 bits per heavy atom. The fourth-order valence-corrected chi connectivity index (χ4v) is 2.29. The van der Waals surface area contributed by atoms with E-state index in [2.05, 4.69) is 10.2 Å². The van der Waals surface area contributed by atoms with E-state index in [0.29, 0.717) is 22.1 Å². The third-order valence-corrected chi connectivity index (χ3v) is 3.61. The zero-order valence-corrected chi connectivity index (χ0v) is 13.3. The molecule has 24 heavy (non-hydrogen) atoms. The predicted octanol–water partition coefficient (Wildman–Crippen LogP) is 4.05. The van der Waals surface area contributed by atoms with E-state index in [9.17, 15) is 5.11 Å². The van der Waals surface area contributed by atoms with Crippen LogP contribution in [0.5, 0.6) is 5.75 Å². The van der Waals surface area contributed by atoms with Crippen molar-refractivity contribution in [3.05, 3.63) is 77.0 Å². The van der Waals surface area contributed by atoms with Gasteiger partial charge >= 0.3 is 0 Å². The molecule has 5 nitrogen and oxygen atoms in total. The molecular formula is C18H14ClN3O2. The molecule has 3 rings (SSSR count). The second-order valence-corrected chi connectivity index (χ2v) is 5.37. The lowest BCUT2D eigenvalue weighted by Gasteiger charge is -1.99. The number of rotatable bonds is 4. The Hall–Kier alpha value is -3.05. The van der Waals surface area contributed by atoms with E-state index in [-0.39, 0.29) is 11.6 Å². The van der Waals surface area contributed by atoms with Crippen LogP contribution in [-0.2, 0) is 0 Å². The van der Waals surface area contributed by atoms with Crippen molar-refractivity contribution in [3.63, 3.8) is 0 Å². The second kappa shape index (κ2) is 7.02. The molecule has 2 aromatic carbocycles. The number of nitrogens with two attached hydrogens (primary N) is 1. The molecule has 0 fully saturated rings. The first-order valence-electron chi connectivity index (χ1n) is 7.14. The Balaban J connectivity index is 1.75. The summed E-state index contributed by atoms with van der Waals surface area (Å²) in [5, 5.41) is 17.7. The maximum atomic E-state index is 9.25. The molecule has 0 unspecified atom stereocenters. The quantitative estimate of drug-likeness (QED) is 0.427. The number of phenolic OH excluding ortho intramolecular Hbond substituents is 1. The molecule has 0 radical (unpaired) electrons. The molecule has 3 aromatic rings. The second-order valence-electron chi connectivity index (χ2n) is 4.96. The number of aromatic hydroxyl groups is 1. The summed E-state index contributed by atoms with van der Waals surface area (Å²) in [6.07, 6.45) is 1.47. The normalized spacial score (nSPS) is 12.0. The van der Waals surface area contributed by atoms with Crippen molar-refractivity contribution >= 4 is 23.7 Å². The van der Waals surface area contributed by atoms with Gasteiger partial charge in [-0.05, 0) is 48.5 Å². The third-order valence-electron chi connectivity index (χ3n) is 3.28. The Morgan fingerprint density at radius 2 is 1.79 bits per heavy atom. The van der Waals surface area contributed by atoms with Crippen LogP contribution in [0.15, 0.2) is 75.3 Å². The molecule has 1 aromatic heterocycles. The van der Waals surface area contributed by atoms with Gasteiger partial charge in [0.25, 0.3) is 0 Å². The molecule has 0 bridgehead atoms. The van der Waals surface area contributed by atoms with Gasteiger partial charge in [0.2, 0.25) is 0 Å². The van der Waals surface area contributed by atoms with Gasteiger partial charge in [-0.3, -0.25) is 0 Å². The van der Waals surface area contributed by atoms with Gasteiger partial charge in [0.15, 0.2) is 5.84 Å². The van der Waals surface area contributed by atoms with E-state index >= 15 is 0 Å². The SMILES string of the molecule is NC(=NN=Cc1ccc(-c2ccccc2Cl)o1)c1ccc(O)cc1. The number of nitrogens with zero attached hydrogens (tertiary/aromatic N) is 2. The van der Waals surface area contributed by atoms with Crippen LogP contribution in [0.4, 0.5) is 0 Å². The average molecular weight is 340 g/mol. The highest BCUT2D eigenvalue weighted by Crippen LogP contribution is 2.28. The van der Waals surface area contributed by atoms with Gasteiger partial charge in [0.05, 0.1) is 11.2 Å². The minimum Gasteiger partial charge on any atom is -0.508 e. The van der Waals surface area contributed by atoms with Crippen LogP contribution in [0, 0.1) is 0 Å². The maximum Gasteiger partial charge on any atom is 0.153 e. The Labute approximate surface area is 143 Å². The van der Waals surface area contributed by atoms with Gasteiger partial charge in [-0.2, -0.15) is 5.10 Å². The molecule has 6 heteroatoms. The third kappa shape index (κ3) is 3.64. The van der Waals surface area contributed by atoms with Crippen molar-refractivity contribution in [1.29, 1.82) is 0 Å². The summed E-state index contributed by atoms with van der Waals surface area (Å²) in [5.74, 6) is 1.59. The molecule has 0 amide bonds. The summed E-state index contributed by atoms with van der Waals surface area (Å²) in [4.78, 5) is 0. The van der Waals surface area contributed by atoms with Crippen molar-refractivity contribution in [2.24, 2.45) is 15.9 Å². The number of benzene rings is 2. The molecule has 0 atom stereocenters. The first-order chi connectivity index (χ1) is 11.6. The number of halogens is 1. The summed E-state index contributed by atoms with van der Waals surface area (Å²) in [5.41, 5.74) is 7.31. The molecule has 0 aliphatic heterocycles. The van der Waals surface area contributed by atoms with E-state index in [1.165, 1.54) is 18.3 Å². The van der Waals surface area contributed by atoms with Crippen LogP contribution in [0.2, 0.25) is 5.02 Å². The number of hydrogen-bond acceptors (Lipinski definition) is 4. The van der Waals surface area contributed by atoms with Crippen molar-refractivity contribution in [3.8, 4) is 17.1 Å². The van der Waals surface area contributed by atoms with E-state index in [1.807, 2.05) is 24.3 Å². The summed E-state index contributed by atoms with van der Waals surface area (Å²) >= 11 is 6.14. The fourth-order valence-electron chi connectivity index (χ4n) is 2.07. The van der Waals surface area contributed by atoms with Gasteiger partial charge in [0.1, 0.15) is 17.3 Å². The van der Waals surface area contributed by atoms with Crippen LogP contribution in [-0.4, -0.2) is 17.2 Å². The number of furan rings is 1. The van der Waals surface area contributed by atoms with E-state index in [0.717, 1.165) is 5.56 Å². The van der Waals surface area contributed by atoms with Gasteiger partial charge in [-0.15, -0.1) is 5.10 Å². The van der Waals surface area contributed by atoms with Crippen LogP contribution in [0.3, 0.4) is 0 Å². The number of amidine groups is 1. The topological polar surface area (TPSA) is 84.1 Å². The lowest BCUT2D eigenvalue weighted by molar-refractivity contribution is 0.475. The maximum absolute atomic E-state index is 9.25. The largest absolute Gasteiger partial charge is 0.508 e. The predicted molar refractivity (Wildman–Crippen MR) is 95.6 cm³/mol. The standard InChI is InChI=1S/C18H14ClN3O2/c19-16-4-2-1-3-15(16)17-10-9-14(24-17)11-21-22-18(20)12-5-7-13(23)8-6-12/h1-11,23H,(H2,20,22). The van der Waals surface area contributed by atoms with Crippen molar-refractivity contribution < 1.29 is 9.52 Å². The monoisotopic (exact) mass is 339 g/mol. The lowest BCUT2D eigenvalue weighted by Crippen LogP contribution is -2.12. The molecule has 120 valence electrons. The average Bonchev–Trinajstić information content (AvgIpc) is 3.04. The number of phenols is 1. The van der Waals surface area contributed by atoms with Crippen molar-refractivity contribution in [2.75, 3.05) is 0 Å². The first-order valence-corrected chi connectivity index (χ1v) is 7.52. The minimum absolute atomic E-state index is 0.165. The number of hydrogen-bond donors (Lipinski definition) is 2. The minimum atomic E-state index is 0.165. The molecule has 0 saturated heterocycles. The summed E-state index contributed by atoms with van der Waals surface area (Å²) in [6.45, 7) is 0. The van der Waals surface area contributed by atoms with E-state index in [4.69, 9.17) is 21.8 Å². The Bertz CT molecular complexity index is 899. The van der Waals surface area contributed by atoms with Crippen molar-refractivity contribution in [2.45, 2.75) is 0 Å². The van der Waals surface area contributed by atoms with Crippen LogP contribution in [0.1, 0.15) is 11.3 Å². The first kappa shape index (κ1) is 15.8. The molecule has 1 heterocycles. The smallest absolute Gasteiger partial charge is 0.153 e. The molecule has 0 spiro atoms. The summed E-state index contributed by atoms with van der Waals surface area (Å²) in [6, 6.07) is 17.4. The van der Waals surface area contributed by atoms with Crippen LogP contribution < -0.4 is 5.73 Å². The highest BCUT2D eigenvalue weighted by molar-refractivity contribution is 6.33. The summed E-state index contributed by atoms with van der Waals surface area (Å²) in [7, 11) is 0. The molecule has 0 aliphatic carbocycles. The highest BCUT2D eigenvalue weighted by atomic mass is 35.5.